The fraction of sp³-hybridized carbons (Fsp3) is 0.343. The molecule has 1 saturated carbocycles. The second-order valence-electron chi connectivity index (χ2n) is 13.3. The molecule has 0 unspecified atom stereocenters. The first-order chi connectivity index (χ1) is 22.9. The fourth-order valence-electron chi connectivity index (χ4n) is 8.74. The van der Waals surface area contributed by atoms with Crippen LogP contribution in [0, 0.1) is 36.0 Å². The van der Waals surface area contributed by atoms with Crippen LogP contribution in [-0.4, -0.2) is 55.9 Å². The molecular formula is C35H31ClN4O7S. The third-order valence-electron chi connectivity index (χ3n) is 11.0. The lowest BCUT2D eigenvalue weighted by molar-refractivity contribution is -0.173. The molecule has 2 aliphatic heterocycles. The molecule has 13 heteroatoms. The number of aromatic nitrogens is 2. The SMILES string of the molecule is COc1cccc(O)c1[C@H]1C2=CC[C@@H]3C(=O)N(O)C(=O)[C@@H]3[C@@H]2C[C@H]2C(=O)N(c3cc(-c4sc5ccc(Cl)cc5c4C)nn3C)C(=O)[C@@]12C. The summed E-state index contributed by atoms with van der Waals surface area (Å²) in [5.41, 5.74) is 1.16. The van der Waals surface area contributed by atoms with E-state index in [0.29, 0.717) is 27.6 Å². The summed E-state index contributed by atoms with van der Waals surface area (Å²) in [6.07, 6.45) is 2.11. The van der Waals surface area contributed by atoms with Gasteiger partial charge in [0.05, 0.1) is 35.2 Å². The first-order valence-corrected chi connectivity index (χ1v) is 16.8. The number of carbonyl (C=O) groups excluding carboxylic acids is 4. The number of imide groups is 2. The van der Waals surface area contributed by atoms with Crippen molar-refractivity contribution < 1.29 is 34.2 Å². The van der Waals surface area contributed by atoms with Gasteiger partial charge in [0.2, 0.25) is 11.8 Å². The topological polar surface area (TPSA) is 142 Å². The van der Waals surface area contributed by atoms with Gasteiger partial charge in [-0.1, -0.05) is 29.3 Å². The Morgan fingerprint density at radius 1 is 1.06 bits per heavy atom. The van der Waals surface area contributed by atoms with E-state index in [1.165, 1.54) is 22.8 Å². The first-order valence-electron chi connectivity index (χ1n) is 15.6. The van der Waals surface area contributed by atoms with Crippen molar-refractivity contribution >= 4 is 62.5 Å². The standard InChI is InChI=1S/C35H31ClN4O7S/c1-15-19-12-16(36)8-11-25(19)48-30(15)22-14-26(38(3)37-22)39-32(43)21-13-20-17(9-10-18-27(20)33(44)40(46)31(18)42)29(35(21,2)34(39)45)28-23(41)6-5-7-24(28)47-4/h5-9,11-12,14,18,20-21,27,29,41,46H,10,13H2,1-4H3/t18-,20+,21-,27-,29+,35+/m0/s1. The van der Waals surface area contributed by atoms with Crippen molar-refractivity contribution in [3.8, 4) is 22.1 Å². The minimum absolute atomic E-state index is 0.102. The first kappa shape index (κ1) is 30.8. The monoisotopic (exact) mass is 686 g/mol. The van der Waals surface area contributed by atoms with E-state index in [0.717, 1.165) is 20.5 Å². The lowest BCUT2D eigenvalue weighted by Gasteiger charge is -2.49. The van der Waals surface area contributed by atoms with Crippen LogP contribution in [0.3, 0.4) is 0 Å². The predicted molar refractivity (Wildman–Crippen MR) is 177 cm³/mol. The number of fused-ring (bicyclic) bond motifs is 5. The van der Waals surface area contributed by atoms with E-state index in [-0.39, 0.29) is 29.5 Å². The zero-order valence-electron chi connectivity index (χ0n) is 26.4. The molecule has 0 radical (unpaired) electrons. The number of carbonyl (C=O) groups is 4. The highest BCUT2D eigenvalue weighted by Crippen LogP contribution is 2.65. The molecule has 0 bridgehead atoms. The molecule has 11 nitrogen and oxygen atoms in total. The average molecular weight is 687 g/mol. The van der Waals surface area contributed by atoms with Crippen LogP contribution in [0.25, 0.3) is 20.7 Å². The minimum atomic E-state index is -1.41. The number of halogens is 1. The van der Waals surface area contributed by atoms with Gasteiger partial charge in [-0.05, 0) is 73.9 Å². The van der Waals surface area contributed by atoms with Crippen molar-refractivity contribution in [3.05, 3.63) is 70.3 Å². The van der Waals surface area contributed by atoms with E-state index in [2.05, 4.69) is 0 Å². The number of aryl methyl sites for hydroxylation is 2. The number of allylic oxidation sites excluding steroid dienone is 2. The van der Waals surface area contributed by atoms with Gasteiger partial charge in [0.1, 0.15) is 23.0 Å². The number of thiophene rings is 1. The number of hydrogen-bond acceptors (Lipinski definition) is 9. The maximum atomic E-state index is 14.9. The highest BCUT2D eigenvalue weighted by Gasteiger charge is 2.68. The van der Waals surface area contributed by atoms with Crippen LogP contribution in [0.1, 0.15) is 36.8 Å². The highest BCUT2D eigenvalue weighted by atomic mass is 35.5. The summed E-state index contributed by atoms with van der Waals surface area (Å²) in [5.74, 6) is -5.99. The number of phenols is 1. The largest absolute Gasteiger partial charge is 0.508 e. The normalized spacial score (nSPS) is 28.2. The molecule has 3 fully saturated rings. The Morgan fingerprint density at radius 2 is 1.83 bits per heavy atom. The minimum Gasteiger partial charge on any atom is -0.508 e. The Labute approximate surface area is 283 Å². The Kier molecular flexibility index (Phi) is 6.73. The van der Waals surface area contributed by atoms with Gasteiger partial charge in [0.25, 0.3) is 11.8 Å². The third-order valence-corrected chi connectivity index (χ3v) is 12.5. The molecular weight excluding hydrogens is 656 g/mol. The summed E-state index contributed by atoms with van der Waals surface area (Å²) in [7, 11) is 3.14. The molecule has 2 N–H and O–H groups in total. The zero-order chi connectivity index (χ0) is 34.0. The highest BCUT2D eigenvalue weighted by molar-refractivity contribution is 7.22. The van der Waals surface area contributed by atoms with E-state index in [9.17, 15) is 29.5 Å². The second kappa shape index (κ2) is 10.5. The molecule has 8 rings (SSSR count). The second-order valence-corrected chi connectivity index (χ2v) is 14.7. The number of methoxy groups -OCH3 is 1. The number of phenolic OH excluding ortho intramolecular Hbond substituents is 1. The number of ether oxygens (including phenoxy) is 1. The Hall–Kier alpha value is -4.52. The summed E-state index contributed by atoms with van der Waals surface area (Å²) in [5, 5.41) is 28.2. The Balaban J connectivity index is 1.28. The molecule has 4 aliphatic rings. The van der Waals surface area contributed by atoms with Crippen LogP contribution in [0.5, 0.6) is 11.5 Å². The summed E-state index contributed by atoms with van der Waals surface area (Å²) >= 11 is 7.82. The molecule has 48 heavy (non-hydrogen) atoms. The van der Waals surface area contributed by atoms with Crippen molar-refractivity contribution in [2.75, 3.05) is 12.0 Å². The molecule has 4 heterocycles. The van der Waals surface area contributed by atoms with Crippen molar-refractivity contribution in [1.29, 1.82) is 0 Å². The van der Waals surface area contributed by atoms with E-state index in [1.54, 1.807) is 43.5 Å². The van der Waals surface area contributed by atoms with Crippen LogP contribution in [0.15, 0.2) is 54.1 Å². The number of amides is 4. The lowest BCUT2D eigenvalue weighted by atomic mass is 9.51. The maximum Gasteiger partial charge on any atom is 0.257 e. The summed E-state index contributed by atoms with van der Waals surface area (Å²) in [4.78, 5) is 57.8. The van der Waals surface area contributed by atoms with Crippen LogP contribution < -0.4 is 9.64 Å². The average Bonchev–Trinajstić information content (AvgIpc) is 3.72. The molecule has 246 valence electrons. The summed E-state index contributed by atoms with van der Waals surface area (Å²) < 4.78 is 8.24. The number of hydrogen-bond donors (Lipinski definition) is 2. The molecule has 2 saturated heterocycles. The molecule has 2 aromatic heterocycles. The molecule has 6 atom stereocenters. The van der Waals surface area contributed by atoms with E-state index in [1.807, 2.05) is 31.2 Å². The molecule has 2 aromatic carbocycles. The van der Waals surface area contributed by atoms with Crippen LogP contribution in [0.2, 0.25) is 5.02 Å². The number of benzene rings is 2. The van der Waals surface area contributed by atoms with Gasteiger partial charge >= 0.3 is 0 Å². The van der Waals surface area contributed by atoms with E-state index < -0.39 is 58.6 Å². The van der Waals surface area contributed by atoms with Crippen molar-refractivity contribution in [3.63, 3.8) is 0 Å². The fourth-order valence-corrected chi connectivity index (χ4v) is 10.1. The van der Waals surface area contributed by atoms with Gasteiger partial charge in [0, 0.05) is 34.3 Å². The van der Waals surface area contributed by atoms with E-state index >= 15 is 0 Å². The van der Waals surface area contributed by atoms with Crippen molar-refractivity contribution in [1.82, 2.24) is 14.8 Å². The number of nitrogens with zero attached hydrogens (tertiary/aromatic N) is 4. The molecule has 2 aliphatic carbocycles. The van der Waals surface area contributed by atoms with Crippen molar-refractivity contribution in [2.45, 2.75) is 32.6 Å². The summed E-state index contributed by atoms with van der Waals surface area (Å²) in [6.45, 7) is 3.71. The van der Waals surface area contributed by atoms with Crippen LogP contribution in [-0.2, 0) is 26.2 Å². The van der Waals surface area contributed by atoms with E-state index in [4.69, 9.17) is 21.4 Å². The number of anilines is 1. The van der Waals surface area contributed by atoms with Gasteiger partial charge in [-0.15, -0.1) is 11.3 Å². The third kappa shape index (κ3) is 3.93. The lowest BCUT2D eigenvalue weighted by Crippen LogP contribution is -2.49. The van der Waals surface area contributed by atoms with Gasteiger partial charge in [-0.25, -0.2) is 4.90 Å². The Bertz CT molecular complexity index is 2150. The quantitative estimate of drug-likeness (QED) is 0.161. The Morgan fingerprint density at radius 3 is 2.58 bits per heavy atom. The van der Waals surface area contributed by atoms with Crippen LogP contribution in [0.4, 0.5) is 5.82 Å². The predicted octanol–water partition coefficient (Wildman–Crippen LogP) is 5.60. The number of hydroxylamine groups is 2. The molecule has 4 aromatic rings. The number of aromatic hydroxyl groups is 1. The van der Waals surface area contributed by atoms with Gasteiger partial charge < -0.3 is 9.84 Å². The van der Waals surface area contributed by atoms with Gasteiger partial charge in [-0.3, -0.25) is 29.1 Å². The maximum absolute atomic E-state index is 14.9. The number of rotatable bonds is 4. The molecule has 0 spiro atoms. The van der Waals surface area contributed by atoms with Crippen LogP contribution >= 0.6 is 22.9 Å². The molecule has 4 amide bonds. The summed E-state index contributed by atoms with van der Waals surface area (Å²) in [6, 6.07) is 12.2. The zero-order valence-corrected chi connectivity index (χ0v) is 28.0. The smallest absolute Gasteiger partial charge is 0.257 e. The van der Waals surface area contributed by atoms with Crippen molar-refractivity contribution in [2.24, 2.45) is 36.1 Å². The van der Waals surface area contributed by atoms with Gasteiger partial charge in [-0.2, -0.15) is 10.2 Å². The van der Waals surface area contributed by atoms with Gasteiger partial charge in [0.15, 0.2) is 0 Å².